The molecule has 8 heteroatoms. The summed E-state index contributed by atoms with van der Waals surface area (Å²) in [5.74, 6) is 0. The number of hydrogen-bond donors (Lipinski definition) is 2. The fourth-order valence-electron chi connectivity index (χ4n) is 5.12. The first kappa shape index (κ1) is 26.4. The number of ether oxygens (including phenoxy) is 2. The average Bonchev–Trinajstić information content (AvgIpc) is 3.27. The van der Waals surface area contributed by atoms with Crippen molar-refractivity contribution in [3.8, 4) is 0 Å². The maximum absolute atomic E-state index is 11.9. The molecule has 4 rings (SSSR count). The van der Waals surface area contributed by atoms with Gasteiger partial charge in [-0.1, -0.05) is 30.3 Å². The van der Waals surface area contributed by atoms with E-state index in [1.165, 1.54) is 5.56 Å². The van der Waals surface area contributed by atoms with Gasteiger partial charge in [-0.25, -0.2) is 9.69 Å². The van der Waals surface area contributed by atoms with Gasteiger partial charge in [0, 0.05) is 24.8 Å². The summed E-state index contributed by atoms with van der Waals surface area (Å²) < 4.78 is 11.6. The number of amides is 1. The Morgan fingerprint density at radius 1 is 1.17 bits per heavy atom. The Morgan fingerprint density at radius 3 is 2.58 bits per heavy atom. The van der Waals surface area contributed by atoms with Crippen LogP contribution in [0.15, 0.2) is 54.9 Å². The topological polar surface area (TPSA) is 79.0 Å². The predicted octanol–water partition coefficient (Wildman–Crippen LogP) is 4.62. The van der Waals surface area contributed by atoms with Crippen molar-refractivity contribution >= 4 is 11.8 Å². The van der Waals surface area contributed by atoms with Crippen LogP contribution in [-0.2, 0) is 9.47 Å². The molecule has 2 aliphatic rings. The van der Waals surface area contributed by atoms with Crippen molar-refractivity contribution in [1.82, 2.24) is 20.1 Å². The molecule has 2 saturated heterocycles. The molecule has 196 valence electrons. The van der Waals surface area contributed by atoms with Crippen LogP contribution in [0.25, 0.3) is 0 Å². The molecule has 1 amide bonds. The molecular formula is C28H41N5O3. The molecule has 3 unspecified atom stereocenters. The van der Waals surface area contributed by atoms with E-state index in [4.69, 9.17) is 9.47 Å². The number of pyridine rings is 1. The third-order valence-electron chi connectivity index (χ3n) is 6.95. The number of carbonyl (C=O) groups excluding carboxylic acids is 1. The smallest absolute Gasteiger partial charge is 0.407 e. The first-order valence-electron chi connectivity index (χ1n) is 13.1. The normalized spacial score (nSPS) is 22.8. The van der Waals surface area contributed by atoms with Crippen molar-refractivity contribution in [2.75, 3.05) is 31.6 Å². The number of anilines is 1. The quantitative estimate of drug-likeness (QED) is 0.553. The van der Waals surface area contributed by atoms with E-state index in [2.05, 4.69) is 62.7 Å². The van der Waals surface area contributed by atoms with Gasteiger partial charge in [-0.3, -0.25) is 4.98 Å². The van der Waals surface area contributed by atoms with Crippen molar-refractivity contribution in [3.05, 3.63) is 60.4 Å². The number of carbonyl (C=O) groups is 1. The molecule has 0 saturated carbocycles. The van der Waals surface area contributed by atoms with Gasteiger partial charge in [-0.2, -0.15) is 0 Å². The van der Waals surface area contributed by atoms with E-state index in [1.54, 1.807) is 6.20 Å². The lowest BCUT2D eigenvalue weighted by Gasteiger charge is -2.42. The van der Waals surface area contributed by atoms with Crippen molar-refractivity contribution in [2.45, 2.75) is 77.0 Å². The number of nitrogens with one attached hydrogen (secondary N) is 2. The molecule has 0 spiro atoms. The fourth-order valence-corrected chi connectivity index (χ4v) is 5.12. The van der Waals surface area contributed by atoms with Crippen LogP contribution >= 0.6 is 0 Å². The molecule has 8 nitrogen and oxygen atoms in total. The summed E-state index contributed by atoms with van der Waals surface area (Å²) in [6.07, 6.45) is 6.13. The van der Waals surface area contributed by atoms with Gasteiger partial charge in [0.1, 0.15) is 5.60 Å². The monoisotopic (exact) mass is 495 g/mol. The van der Waals surface area contributed by atoms with Crippen LogP contribution in [0.5, 0.6) is 0 Å². The van der Waals surface area contributed by atoms with Crippen LogP contribution in [0.4, 0.5) is 10.5 Å². The highest BCUT2D eigenvalue weighted by atomic mass is 16.6. The number of likely N-dealkylation sites (tertiary alicyclic amines) is 1. The zero-order valence-corrected chi connectivity index (χ0v) is 22.0. The molecule has 0 radical (unpaired) electrons. The standard InChI is InChI=1S/C28H41N5O3/c1-21(12-16-30-27(34)36-28(2,3)4)32-17-13-24(14-18-32)33-25(22-9-6-5-7-10-22)20-35-26(33)31-23-11-8-15-29-19-23/h5-11,15,19,21,24-26,31H,12-14,16-18,20H2,1-4H3,(H,30,34). The molecule has 1 aromatic carbocycles. The van der Waals surface area contributed by atoms with Gasteiger partial charge in [0.15, 0.2) is 6.35 Å². The highest BCUT2D eigenvalue weighted by molar-refractivity contribution is 5.67. The van der Waals surface area contributed by atoms with Crippen LogP contribution in [0.3, 0.4) is 0 Å². The van der Waals surface area contributed by atoms with E-state index < -0.39 is 5.60 Å². The second kappa shape index (κ2) is 12.0. The van der Waals surface area contributed by atoms with Crippen LogP contribution in [-0.4, -0.2) is 71.2 Å². The molecule has 3 heterocycles. The Balaban J connectivity index is 1.34. The van der Waals surface area contributed by atoms with Crippen molar-refractivity contribution in [1.29, 1.82) is 0 Å². The highest BCUT2D eigenvalue weighted by Gasteiger charge is 2.41. The molecule has 36 heavy (non-hydrogen) atoms. The molecule has 0 aliphatic carbocycles. The maximum atomic E-state index is 11.9. The van der Waals surface area contributed by atoms with Crippen LogP contribution < -0.4 is 10.6 Å². The first-order chi connectivity index (χ1) is 17.3. The molecule has 0 bridgehead atoms. The van der Waals surface area contributed by atoms with Crippen LogP contribution in [0.2, 0.25) is 0 Å². The van der Waals surface area contributed by atoms with Crippen LogP contribution in [0, 0.1) is 0 Å². The minimum atomic E-state index is -0.474. The van der Waals surface area contributed by atoms with E-state index >= 15 is 0 Å². The zero-order chi connectivity index (χ0) is 25.5. The lowest BCUT2D eigenvalue weighted by molar-refractivity contribution is 0.00220. The van der Waals surface area contributed by atoms with E-state index in [9.17, 15) is 4.79 Å². The minimum absolute atomic E-state index is 0.189. The van der Waals surface area contributed by atoms with Gasteiger partial charge in [0.25, 0.3) is 0 Å². The highest BCUT2D eigenvalue weighted by Crippen LogP contribution is 2.36. The third-order valence-corrected chi connectivity index (χ3v) is 6.95. The van der Waals surface area contributed by atoms with Gasteiger partial charge in [0.2, 0.25) is 0 Å². The Hall–Kier alpha value is -2.68. The van der Waals surface area contributed by atoms with E-state index in [-0.39, 0.29) is 18.5 Å². The second-order valence-corrected chi connectivity index (χ2v) is 10.8. The lowest BCUT2D eigenvalue weighted by Crippen LogP contribution is -2.51. The summed E-state index contributed by atoms with van der Waals surface area (Å²) >= 11 is 0. The first-order valence-corrected chi connectivity index (χ1v) is 13.1. The summed E-state index contributed by atoms with van der Waals surface area (Å²) in [6, 6.07) is 15.6. The predicted molar refractivity (Wildman–Crippen MR) is 142 cm³/mol. The number of aromatic nitrogens is 1. The molecular weight excluding hydrogens is 454 g/mol. The van der Waals surface area contributed by atoms with Crippen molar-refractivity contribution < 1.29 is 14.3 Å². The lowest BCUT2D eigenvalue weighted by atomic mass is 9.97. The Kier molecular flexibility index (Phi) is 8.82. The van der Waals surface area contributed by atoms with Gasteiger partial charge < -0.3 is 25.0 Å². The minimum Gasteiger partial charge on any atom is -0.444 e. The molecule has 2 N–H and O–H groups in total. The van der Waals surface area contributed by atoms with E-state index in [0.29, 0.717) is 25.2 Å². The Morgan fingerprint density at radius 2 is 1.92 bits per heavy atom. The summed E-state index contributed by atoms with van der Waals surface area (Å²) in [4.78, 5) is 21.2. The molecule has 2 aliphatic heterocycles. The number of piperidine rings is 1. The van der Waals surface area contributed by atoms with E-state index in [1.807, 2.05) is 39.1 Å². The SMILES string of the molecule is CC(CCNC(=O)OC(C)(C)C)N1CCC(N2C(Nc3cccnc3)OCC2c2ccccc2)CC1. The zero-order valence-electron chi connectivity index (χ0n) is 22.0. The van der Waals surface area contributed by atoms with Gasteiger partial charge in [0.05, 0.1) is 24.5 Å². The number of hydrogen-bond acceptors (Lipinski definition) is 7. The molecule has 1 aromatic heterocycles. The number of benzene rings is 1. The second-order valence-electron chi connectivity index (χ2n) is 10.8. The number of nitrogens with zero attached hydrogens (tertiary/aromatic N) is 3. The molecule has 2 fully saturated rings. The summed E-state index contributed by atoms with van der Waals surface area (Å²) in [7, 11) is 0. The van der Waals surface area contributed by atoms with Crippen molar-refractivity contribution in [3.63, 3.8) is 0 Å². The Labute approximate surface area is 215 Å². The summed E-state index contributed by atoms with van der Waals surface area (Å²) in [6.45, 7) is 11.2. The molecule has 2 aromatic rings. The number of rotatable bonds is 8. The summed E-state index contributed by atoms with van der Waals surface area (Å²) in [5, 5.41) is 6.44. The average molecular weight is 496 g/mol. The van der Waals surface area contributed by atoms with Gasteiger partial charge in [-0.05, 0) is 77.7 Å². The van der Waals surface area contributed by atoms with Crippen molar-refractivity contribution in [2.24, 2.45) is 0 Å². The molecule has 3 atom stereocenters. The van der Waals surface area contributed by atoms with Gasteiger partial charge in [-0.15, -0.1) is 0 Å². The van der Waals surface area contributed by atoms with E-state index in [0.717, 1.165) is 38.0 Å². The third kappa shape index (κ3) is 7.18. The fraction of sp³-hybridized carbons (Fsp3) is 0.571. The van der Waals surface area contributed by atoms with Crippen LogP contribution in [0.1, 0.15) is 58.6 Å². The number of alkyl carbamates (subject to hydrolysis) is 1. The Bertz CT molecular complexity index is 945. The maximum Gasteiger partial charge on any atom is 0.407 e. The van der Waals surface area contributed by atoms with Gasteiger partial charge >= 0.3 is 6.09 Å². The summed E-state index contributed by atoms with van der Waals surface area (Å²) in [5.41, 5.74) is 1.78. The largest absolute Gasteiger partial charge is 0.444 e.